The average Bonchev–Trinajstić information content (AvgIpc) is 2.54. The zero-order chi connectivity index (χ0) is 17.3. The topological polar surface area (TPSA) is 58.6 Å². The Kier molecular flexibility index (Phi) is 4.20. The number of para-hydroxylation sites is 2. The summed E-state index contributed by atoms with van der Waals surface area (Å²) in [7, 11) is 0. The molecule has 24 heavy (non-hydrogen) atoms. The molecule has 2 aromatic rings. The SMILES string of the molecule is Cc1ccc(NC(=O)CN2C(=O)[C@@H](C)Oc3ccccc32)c(F)c1. The van der Waals surface area contributed by atoms with Crippen molar-refractivity contribution < 1.29 is 18.7 Å². The number of ether oxygens (including phenoxy) is 1. The third-order valence-corrected chi connectivity index (χ3v) is 3.77. The smallest absolute Gasteiger partial charge is 0.268 e. The van der Waals surface area contributed by atoms with E-state index in [1.807, 2.05) is 0 Å². The largest absolute Gasteiger partial charge is 0.479 e. The van der Waals surface area contributed by atoms with Gasteiger partial charge < -0.3 is 10.1 Å². The molecule has 0 radical (unpaired) electrons. The van der Waals surface area contributed by atoms with Crippen LogP contribution in [-0.4, -0.2) is 24.5 Å². The summed E-state index contributed by atoms with van der Waals surface area (Å²) in [4.78, 5) is 26.0. The van der Waals surface area contributed by atoms with Crippen molar-refractivity contribution in [3.8, 4) is 5.75 Å². The minimum Gasteiger partial charge on any atom is -0.479 e. The van der Waals surface area contributed by atoms with Crippen molar-refractivity contribution in [1.82, 2.24) is 0 Å². The Bertz CT molecular complexity index is 807. The highest BCUT2D eigenvalue weighted by Crippen LogP contribution is 2.33. The van der Waals surface area contributed by atoms with E-state index in [2.05, 4.69) is 5.32 Å². The number of amides is 2. The molecule has 0 fully saturated rings. The van der Waals surface area contributed by atoms with Crippen molar-refractivity contribution >= 4 is 23.2 Å². The second kappa shape index (κ2) is 6.31. The van der Waals surface area contributed by atoms with E-state index in [9.17, 15) is 14.0 Å². The van der Waals surface area contributed by atoms with Crippen LogP contribution in [-0.2, 0) is 9.59 Å². The number of benzene rings is 2. The first-order valence-electron chi connectivity index (χ1n) is 7.59. The molecule has 0 saturated carbocycles. The summed E-state index contributed by atoms with van der Waals surface area (Å²) in [6, 6.07) is 11.5. The predicted octanol–water partition coefficient (Wildman–Crippen LogP) is 2.89. The van der Waals surface area contributed by atoms with Crippen LogP contribution in [0.4, 0.5) is 15.8 Å². The quantitative estimate of drug-likeness (QED) is 0.942. The number of anilines is 2. The van der Waals surface area contributed by atoms with Gasteiger partial charge in [-0.3, -0.25) is 14.5 Å². The lowest BCUT2D eigenvalue weighted by molar-refractivity contribution is -0.127. The highest BCUT2D eigenvalue weighted by Gasteiger charge is 2.32. The average molecular weight is 328 g/mol. The molecule has 1 atom stereocenters. The van der Waals surface area contributed by atoms with Gasteiger partial charge >= 0.3 is 0 Å². The Morgan fingerprint density at radius 3 is 2.79 bits per heavy atom. The number of carbonyl (C=O) groups is 2. The number of fused-ring (bicyclic) bond motifs is 1. The molecule has 1 aliphatic heterocycles. The lowest BCUT2D eigenvalue weighted by Crippen LogP contribution is -2.47. The molecule has 0 unspecified atom stereocenters. The monoisotopic (exact) mass is 328 g/mol. The summed E-state index contributed by atoms with van der Waals surface area (Å²) < 4.78 is 19.4. The number of hydrogen-bond donors (Lipinski definition) is 1. The first kappa shape index (κ1) is 16.0. The van der Waals surface area contributed by atoms with E-state index < -0.39 is 17.8 Å². The van der Waals surface area contributed by atoms with Crippen molar-refractivity contribution in [2.45, 2.75) is 20.0 Å². The number of hydrogen-bond acceptors (Lipinski definition) is 3. The van der Waals surface area contributed by atoms with E-state index in [4.69, 9.17) is 4.74 Å². The minimum absolute atomic E-state index is 0.0904. The molecule has 1 aliphatic rings. The van der Waals surface area contributed by atoms with Crippen LogP contribution in [0.1, 0.15) is 12.5 Å². The highest BCUT2D eigenvalue weighted by molar-refractivity contribution is 6.06. The summed E-state index contributed by atoms with van der Waals surface area (Å²) >= 11 is 0. The van der Waals surface area contributed by atoms with Crippen LogP contribution in [0.15, 0.2) is 42.5 Å². The molecular weight excluding hydrogens is 311 g/mol. The van der Waals surface area contributed by atoms with Crippen LogP contribution < -0.4 is 15.0 Å². The minimum atomic E-state index is -0.677. The first-order valence-corrected chi connectivity index (χ1v) is 7.59. The zero-order valence-electron chi connectivity index (χ0n) is 13.4. The van der Waals surface area contributed by atoms with Crippen molar-refractivity contribution in [1.29, 1.82) is 0 Å². The van der Waals surface area contributed by atoms with Crippen LogP contribution >= 0.6 is 0 Å². The Morgan fingerprint density at radius 2 is 2.04 bits per heavy atom. The fourth-order valence-corrected chi connectivity index (χ4v) is 2.58. The lowest BCUT2D eigenvalue weighted by Gasteiger charge is -2.32. The Balaban J connectivity index is 1.79. The summed E-state index contributed by atoms with van der Waals surface area (Å²) in [6.45, 7) is 3.18. The van der Waals surface area contributed by atoms with Gasteiger partial charge in [-0.25, -0.2) is 4.39 Å². The highest BCUT2D eigenvalue weighted by atomic mass is 19.1. The van der Waals surface area contributed by atoms with E-state index in [-0.39, 0.29) is 18.1 Å². The summed E-state index contributed by atoms with van der Waals surface area (Å²) in [5, 5.41) is 2.50. The lowest BCUT2D eigenvalue weighted by atomic mass is 10.2. The molecule has 0 aromatic heterocycles. The molecule has 3 rings (SSSR count). The van der Waals surface area contributed by atoms with Gasteiger partial charge in [0.2, 0.25) is 5.91 Å². The van der Waals surface area contributed by atoms with E-state index >= 15 is 0 Å². The maximum absolute atomic E-state index is 13.9. The fourth-order valence-electron chi connectivity index (χ4n) is 2.58. The van der Waals surface area contributed by atoms with Gasteiger partial charge in [-0.15, -0.1) is 0 Å². The van der Waals surface area contributed by atoms with Gasteiger partial charge in [-0.2, -0.15) is 0 Å². The Morgan fingerprint density at radius 1 is 1.29 bits per heavy atom. The molecule has 0 spiro atoms. The van der Waals surface area contributed by atoms with Gasteiger partial charge in [0, 0.05) is 0 Å². The molecule has 6 heteroatoms. The number of halogens is 1. The van der Waals surface area contributed by atoms with Crippen molar-refractivity contribution in [2.24, 2.45) is 0 Å². The van der Waals surface area contributed by atoms with Crippen molar-refractivity contribution in [3.63, 3.8) is 0 Å². The third kappa shape index (κ3) is 3.08. The molecule has 2 amide bonds. The number of nitrogens with one attached hydrogen (secondary N) is 1. The van der Waals surface area contributed by atoms with Crippen LogP contribution in [0.2, 0.25) is 0 Å². The second-order valence-corrected chi connectivity index (χ2v) is 5.68. The predicted molar refractivity (Wildman–Crippen MR) is 88.7 cm³/mol. The molecular formula is C18H17FN2O3. The maximum Gasteiger partial charge on any atom is 0.268 e. The van der Waals surface area contributed by atoms with Gasteiger partial charge in [0.05, 0.1) is 11.4 Å². The first-order chi connectivity index (χ1) is 11.5. The van der Waals surface area contributed by atoms with Crippen LogP contribution in [0, 0.1) is 12.7 Å². The molecule has 0 bridgehead atoms. The summed E-state index contributed by atoms with van der Waals surface area (Å²) in [5.41, 5.74) is 1.38. The molecule has 0 saturated heterocycles. The molecule has 0 aliphatic carbocycles. The summed E-state index contributed by atoms with van der Waals surface area (Å²) in [5.74, 6) is -0.757. The van der Waals surface area contributed by atoms with E-state index in [0.29, 0.717) is 11.4 Å². The maximum atomic E-state index is 13.9. The van der Waals surface area contributed by atoms with Crippen LogP contribution in [0.5, 0.6) is 5.75 Å². The zero-order valence-corrected chi connectivity index (χ0v) is 13.4. The van der Waals surface area contributed by atoms with Crippen LogP contribution in [0.3, 0.4) is 0 Å². The Hall–Kier alpha value is -2.89. The Labute approximate surface area is 139 Å². The van der Waals surface area contributed by atoms with Gasteiger partial charge in [0.15, 0.2) is 6.10 Å². The van der Waals surface area contributed by atoms with Crippen molar-refractivity contribution in [2.75, 3.05) is 16.8 Å². The van der Waals surface area contributed by atoms with E-state index in [1.165, 1.54) is 17.0 Å². The number of carbonyl (C=O) groups excluding carboxylic acids is 2. The summed E-state index contributed by atoms with van der Waals surface area (Å²) in [6.07, 6.45) is -0.677. The number of aryl methyl sites for hydroxylation is 1. The fraction of sp³-hybridized carbons (Fsp3) is 0.222. The van der Waals surface area contributed by atoms with Gasteiger partial charge in [0.25, 0.3) is 5.91 Å². The molecule has 1 heterocycles. The van der Waals surface area contributed by atoms with E-state index in [1.54, 1.807) is 44.2 Å². The van der Waals surface area contributed by atoms with Gasteiger partial charge in [-0.05, 0) is 43.7 Å². The number of nitrogens with zero attached hydrogens (tertiary/aromatic N) is 1. The van der Waals surface area contributed by atoms with Gasteiger partial charge in [0.1, 0.15) is 18.1 Å². The molecule has 1 N–H and O–H groups in total. The van der Waals surface area contributed by atoms with Gasteiger partial charge in [-0.1, -0.05) is 18.2 Å². The van der Waals surface area contributed by atoms with Crippen LogP contribution in [0.25, 0.3) is 0 Å². The normalized spacial score (nSPS) is 16.4. The molecule has 5 nitrogen and oxygen atoms in total. The second-order valence-electron chi connectivity index (χ2n) is 5.68. The van der Waals surface area contributed by atoms with Crippen molar-refractivity contribution in [3.05, 3.63) is 53.8 Å². The number of rotatable bonds is 3. The standard InChI is InChI=1S/C18H17FN2O3/c1-11-7-8-14(13(19)9-11)20-17(22)10-21-15-5-3-4-6-16(15)24-12(2)18(21)23/h3-9,12H,10H2,1-2H3,(H,20,22)/t12-/m1/s1. The third-order valence-electron chi connectivity index (χ3n) is 3.77. The molecule has 124 valence electrons. The van der Waals surface area contributed by atoms with E-state index in [0.717, 1.165) is 5.56 Å². The molecule has 2 aromatic carbocycles.